The van der Waals surface area contributed by atoms with Crippen molar-refractivity contribution in [2.45, 2.75) is 18.7 Å². The van der Waals surface area contributed by atoms with Crippen molar-refractivity contribution in [1.82, 2.24) is 9.97 Å². The normalized spacial score (nSPS) is 13.0. The Morgan fingerprint density at radius 1 is 1.08 bits per heavy atom. The summed E-state index contributed by atoms with van der Waals surface area (Å²) in [6.45, 7) is 5.52. The average molecular weight is 337 g/mol. The van der Waals surface area contributed by atoms with Gasteiger partial charge in [0.05, 0.1) is 39.7 Å². The van der Waals surface area contributed by atoms with Crippen molar-refractivity contribution in [2.75, 3.05) is 0 Å². The molecule has 1 aromatic heterocycles. The van der Waals surface area contributed by atoms with Crippen molar-refractivity contribution in [2.24, 2.45) is 9.98 Å². The molecule has 2 aromatic carbocycles. The second-order valence-electron chi connectivity index (χ2n) is 5.45. The molecule has 0 aliphatic rings. The van der Waals surface area contributed by atoms with E-state index in [9.17, 15) is 0 Å². The number of nitrogens with zero attached hydrogens (tertiary/aromatic N) is 4. The van der Waals surface area contributed by atoms with Crippen LogP contribution in [0.5, 0.6) is 0 Å². The zero-order valence-electron chi connectivity index (χ0n) is 13.4. The van der Waals surface area contributed by atoms with Crippen LogP contribution in [0.4, 0.5) is 11.4 Å². The Bertz CT molecular complexity index is 905. The Balaban J connectivity index is 1.80. The van der Waals surface area contributed by atoms with E-state index in [2.05, 4.69) is 26.7 Å². The van der Waals surface area contributed by atoms with Gasteiger partial charge in [0.1, 0.15) is 0 Å². The largest absolute Gasteiger partial charge is 0.262 e. The first-order chi connectivity index (χ1) is 11.7. The van der Waals surface area contributed by atoms with Crippen molar-refractivity contribution in [3.05, 3.63) is 60.4 Å². The van der Waals surface area contributed by atoms with Gasteiger partial charge in [-0.05, 0) is 37.9 Å². The summed E-state index contributed by atoms with van der Waals surface area (Å²) in [5.41, 5.74) is 4.91. The van der Waals surface area contributed by atoms with Crippen molar-refractivity contribution in [3.63, 3.8) is 0 Å². The van der Waals surface area contributed by atoms with Gasteiger partial charge in [-0.3, -0.25) is 15.0 Å². The SMILES string of the molecule is C=Nc1ccccc1/N=C(\C)CC(Cl)c1cnc2ccccc2n1. The van der Waals surface area contributed by atoms with Gasteiger partial charge in [-0.2, -0.15) is 0 Å². The highest BCUT2D eigenvalue weighted by Crippen LogP contribution is 2.29. The van der Waals surface area contributed by atoms with E-state index in [4.69, 9.17) is 11.6 Å². The summed E-state index contributed by atoms with van der Waals surface area (Å²) in [6.07, 6.45) is 2.31. The van der Waals surface area contributed by atoms with Gasteiger partial charge in [0.25, 0.3) is 0 Å². The van der Waals surface area contributed by atoms with E-state index in [1.54, 1.807) is 6.20 Å². The molecule has 3 rings (SSSR count). The molecule has 0 bridgehead atoms. The molecule has 0 aliphatic heterocycles. The van der Waals surface area contributed by atoms with Crippen LogP contribution in [0, 0.1) is 0 Å². The number of fused-ring (bicyclic) bond motifs is 1. The van der Waals surface area contributed by atoms with E-state index in [1.807, 2.05) is 55.5 Å². The molecule has 0 amide bonds. The first kappa shape index (κ1) is 16.3. The second-order valence-corrected chi connectivity index (χ2v) is 5.98. The number of hydrogen-bond acceptors (Lipinski definition) is 4. The molecule has 24 heavy (non-hydrogen) atoms. The van der Waals surface area contributed by atoms with Crippen LogP contribution in [0.25, 0.3) is 11.0 Å². The van der Waals surface area contributed by atoms with E-state index in [0.29, 0.717) is 6.42 Å². The quantitative estimate of drug-likeness (QED) is 0.461. The van der Waals surface area contributed by atoms with Crippen molar-refractivity contribution in [3.8, 4) is 0 Å². The molecule has 0 aliphatic carbocycles. The fraction of sp³-hybridized carbons (Fsp3) is 0.158. The number of aromatic nitrogens is 2. The Hall–Kier alpha value is -2.59. The molecular formula is C19H17ClN4. The molecule has 0 saturated heterocycles. The maximum atomic E-state index is 6.52. The van der Waals surface area contributed by atoms with Crippen LogP contribution in [0.3, 0.4) is 0 Å². The minimum absolute atomic E-state index is 0.283. The zero-order chi connectivity index (χ0) is 16.9. The van der Waals surface area contributed by atoms with Crippen molar-refractivity contribution in [1.29, 1.82) is 0 Å². The van der Waals surface area contributed by atoms with Gasteiger partial charge in [0, 0.05) is 12.1 Å². The number of aliphatic imine (C=N–C) groups is 2. The molecule has 0 spiro atoms. The maximum Gasteiger partial charge on any atom is 0.0890 e. The summed E-state index contributed by atoms with van der Waals surface area (Å²) in [6, 6.07) is 15.4. The van der Waals surface area contributed by atoms with Gasteiger partial charge in [0.15, 0.2) is 0 Å². The average Bonchev–Trinajstić information content (AvgIpc) is 2.61. The second kappa shape index (κ2) is 7.32. The number of hydrogen-bond donors (Lipinski definition) is 0. The number of alkyl halides is 1. The van der Waals surface area contributed by atoms with E-state index >= 15 is 0 Å². The lowest BCUT2D eigenvalue weighted by Crippen LogP contribution is -2.02. The highest BCUT2D eigenvalue weighted by molar-refractivity contribution is 6.22. The van der Waals surface area contributed by atoms with Crippen LogP contribution >= 0.6 is 11.6 Å². The lowest BCUT2D eigenvalue weighted by atomic mass is 10.1. The standard InChI is InChI=1S/C19H17ClN4/c1-13(23-17-9-5-3-7-15(17)21-2)11-14(20)19-12-22-16-8-4-6-10-18(16)24-19/h3-10,12,14H,2,11H2,1H3/b23-13+. The van der Waals surface area contributed by atoms with E-state index in [-0.39, 0.29) is 5.38 Å². The maximum absolute atomic E-state index is 6.52. The molecule has 0 saturated carbocycles. The molecule has 1 unspecified atom stereocenters. The molecule has 5 heteroatoms. The van der Waals surface area contributed by atoms with E-state index < -0.39 is 0 Å². The van der Waals surface area contributed by atoms with Crippen LogP contribution in [0.1, 0.15) is 24.4 Å². The summed E-state index contributed by atoms with van der Waals surface area (Å²) >= 11 is 6.52. The molecule has 1 heterocycles. The minimum atomic E-state index is -0.283. The predicted octanol–water partition coefficient (Wildman–Crippen LogP) is 5.42. The van der Waals surface area contributed by atoms with Gasteiger partial charge in [-0.1, -0.05) is 24.3 Å². The first-order valence-electron chi connectivity index (χ1n) is 7.63. The Labute approximate surface area is 146 Å². The minimum Gasteiger partial charge on any atom is -0.262 e. The third-order valence-corrected chi connectivity index (χ3v) is 4.00. The van der Waals surface area contributed by atoms with Gasteiger partial charge >= 0.3 is 0 Å². The van der Waals surface area contributed by atoms with Gasteiger partial charge in [-0.25, -0.2) is 4.98 Å². The number of rotatable bonds is 5. The topological polar surface area (TPSA) is 50.5 Å². The van der Waals surface area contributed by atoms with Crippen molar-refractivity contribution >= 4 is 46.4 Å². The van der Waals surface area contributed by atoms with Gasteiger partial charge in [0.2, 0.25) is 0 Å². The van der Waals surface area contributed by atoms with Gasteiger partial charge in [-0.15, -0.1) is 11.6 Å². The van der Waals surface area contributed by atoms with Crippen LogP contribution in [0.15, 0.2) is 64.7 Å². The Kier molecular flexibility index (Phi) is 4.96. The van der Waals surface area contributed by atoms with E-state index in [0.717, 1.165) is 33.8 Å². The molecule has 4 nitrogen and oxygen atoms in total. The van der Waals surface area contributed by atoms with Crippen LogP contribution in [0.2, 0.25) is 0 Å². The molecule has 0 N–H and O–H groups in total. The molecule has 120 valence electrons. The number of halogens is 1. The van der Waals surface area contributed by atoms with Crippen LogP contribution in [-0.4, -0.2) is 22.4 Å². The lowest BCUT2D eigenvalue weighted by molar-refractivity contribution is 0.926. The first-order valence-corrected chi connectivity index (χ1v) is 8.06. The molecule has 0 fully saturated rings. The molecular weight excluding hydrogens is 320 g/mol. The molecule has 0 radical (unpaired) electrons. The highest BCUT2D eigenvalue weighted by atomic mass is 35.5. The summed E-state index contributed by atoms with van der Waals surface area (Å²) in [5.74, 6) is 0. The fourth-order valence-electron chi connectivity index (χ4n) is 2.43. The third kappa shape index (κ3) is 3.66. The summed E-state index contributed by atoms with van der Waals surface area (Å²) in [7, 11) is 0. The summed E-state index contributed by atoms with van der Waals surface area (Å²) in [5, 5.41) is -0.283. The smallest absolute Gasteiger partial charge is 0.0890 e. The predicted molar refractivity (Wildman–Crippen MR) is 101 cm³/mol. The van der Waals surface area contributed by atoms with Crippen LogP contribution < -0.4 is 0 Å². The van der Waals surface area contributed by atoms with Gasteiger partial charge < -0.3 is 0 Å². The zero-order valence-corrected chi connectivity index (χ0v) is 14.1. The van der Waals surface area contributed by atoms with E-state index in [1.165, 1.54) is 0 Å². The lowest BCUT2D eigenvalue weighted by Gasteiger charge is -2.10. The van der Waals surface area contributed by atoms with Crippen LogP contribution in [-0.2, 0) is 0 Å². The third-order valence-electron chi connectivity index (χ3n) is 3.63. The highest BCUT2D eigenvalue weighted by Gasteiger charge is 2.13. The number of benzene rings is 2. The monoisotopic (exact) mass is 336 g/mol. The fourth-order valence-corrected chi connectivity index (χ4v) is 2.76. The summed E-state index contributed by atoms with van der Waals surface area (Å²) < 4.78 is 0. The number of para-hydroxylation sites is 4. The summed E-state index contributed by atoms with van der Waals surface area (Å²) in [4.78, 5) is 17.6. The van der Waals surface area contributed by atoms with Crippen molar-refractivity contribution < 1.29 is 0 Å². The Morgan fingerprint density at radius 3 is 2.50 bits per heavy atom. The molecule has 3 aromatic rings. The Morgan fingerprint density at radius 2 is 1.75 bits per heavy atom. The molecule has 1 atom stereocenters.